The van der Waals surface area contributed by atoms with E-state index in [0.29, 0.717) is 0 Å². The second kappa shape index (κ2) is 5.44. The molecule has 0 unspecified atom stereocenters. The van der Waals surface area contributed by atoms with Gasteiger partial charge in [0.25, 0.3) is 0 Å². The maximum absolute atomic E-state index is 14.0. The molecule has 0 aliphatic carbocycles. The molecule has 0 fully saturated rings. The molecule has 5 nitrogen and oxygen atoms in total. The molecule has 1 aliphatic rings. The lowest BCUT2D eigenvalue weighted by Crippen LogP contribution is -2.28. The number of carboxylic acid groups (broad SMARTS) is 1. The van der Waals surface area contributed by atoms with Gasteiger partial charge in [-0.15, -0.1) is 0 Å². The highest BCUT2D eigenvalue weighted by Gasteiger charge is 2.27. The van der Waals surface area contributed by atoms with E-state index >= 15 is 0 Å². The van der Waals surface area contributed by atoms with E-state index in [1.165, 1.54) is 16.8 Å². The van der Waals surface area contributed by atoms with Gasteiger partial charge in [-0.05, 0) is 6.07 Å². The minimum Gasteiger partial charge on any atom is -0.481 e. The van der Waals surface area contributed by atoms with Crippen molar-refractivity contribution in [2.45, 2.75) is 12.8 Å². The summed E-state index contributed by atoms with van der Waals surface area (Å²) in [5.41, 5.74) is 0.191. The fraction of sp³-hybridized carbons (Fsp3) is 0.385. The van der Waals surface area contributed by atoms with E-state index in [1.807, 2.05) is 0 Å². The van der Waals surface area contributed by atoms with Crippen LogP contribution in [0.1, 0.15) is 12.8 Å². The zero-order valence-electron chi connectivity index (χ0n) is 10.9. The fourth-order valence-electron chi connectivity index (χ4n) is 2.22. The summed E-state index contributed by atoms with van der Waals surface area (Å²) >= 11 is 0. The van der Waals surface area contributed by atoms with Crippen LogP contribution in [0.5, 0.6) is 0 Å². The number of nitrogens with zero attached hydrogens (tertiary/aromatic N) is 2. The summed E-state index contributed by atoms with van der Waals surface area (Å²) in [7, 11) is 1.45. The summed E-state index contributed by atoms with van der Waals surface area (Å²) in [6.45, 7) is 0.262. The van der Waals surface area contributed by atoms with Gasteiger partial charge in [0.1, 0.15) is 5.82 Å². The molecule has 0 spiro atoms. The van der Waals surface area contributed by atoms with Crippen LogP contribution in [0.25, 0.3) is 0 Å². The molecular formula is C13H14F2N2O3. The Kier molecular flexibility index (Phi) is 3.87. The van der Waals surface area contributed by atoms with Gasteiger partial charge < -0.3 is 14.9 Å². The van der Waals surface area contributed by atoms with Gasteiger partial charge in [-0.25, -0.2) is 8.78 Å². The van der Waals surface area contributed by atoms with E-state index in [2.05, 4.69) is 0 Å². The Bertz CT molecular complexity index is 563. The molecule has 1 aromatic rings. The molecule has 108 valence electrons. The lowest BCUT2D eigenvalue weighted by atomic mass is 10.2. The summed E-state index contributed by atoms with van der Waals surface area (Å²) in [5, 5.41) is 8.72. The number of benzene rings is 1. The average molecular weight is 284 g/mol. The van der Waals surface area contributed by atoms with E-state index in [-0.39, 0.29) is 43.2 Å². The van der Waals surface area contributed by atoms with Crippen molar-refractivity contribution in [1.29, 1.82) is 0 Å². The van der Waals surface area contributed by atoms with Gasteiger partial charge in [0.2, 0.25) is 5.91 Å². The third-order valence-electron chi connectivity index (χ3n) is 3.25. The molecule has 0 saturated carbocycles. The zero-order valence-corrected chi connectivity index (χ0v) is 10.9. The smallest absolute Gasteiger partial charge is 0.305 e. The van der Waals surface area contributed by atoms with Crippen LogP contribution in [0.15, 0.2) is 12.1 Å². The van der Waals surface area contributed by atoms with Crippen LogP contribution < -0.4 is 9.80 Å². The van der Waals surface area contributed by atoms with Gasteiger partial charge in [-0.3, -0.25) is 9.59 Å². The van der Waals surface area contributed by atoms with Crippen molar-refractivity contribution in [3.63, 3.8) is 0 Å². The maximum Gasteiger partial charge on any atom is 0.305 e. The SMILES string of the molecule is CN1C(=O)CCN(CCC(=O)O)c2c(F)cc(F)cc21. The van der Waals surface area contributed by atoms with Crippen molar-refractivity contribution < 1.29 is 23.5 Å². The van der Waals surface area contributed by atoms with Crippen LogP contribution in [0.3, 0.4) is 0 Å². The first-order chi connectivity index (χ1) is 9.40. The first kappa shape index (κ1) is 14.2. The van der Waals surface area contributed by atoms with E-state index in [0.717, 1.165) is 12.1 Å². The molecule has 0 atom stereocenters. The highest BCUT2D eigenvalue weighted by Crippen LogP contribution is 2.35. The number of fused-ring (bicyclic) bond motifs is 1. The van der Waals surface area contributed by atoms with Gasteiger partial charge in [0.05, 0.1) is 17.8 Å². The van der Waals surface area contributed by atoms with Crippen LogP contribution in [-0.2, 0) is 9.59 Å². The number of halogens is 2. The van der Waals surface area contributed by atoms with Gasteiger partial charge in [-0.1, -0.05) is 0 Å². The normalized spacial score (nSPS) is 15.1. The van der Waals surface area contributed by atoms with Gasteiger partial charge >= 0.3 is 5.97 Å². The Hall–Kier alpha value is -2.18. The topological polar surface area (TPSA) is 60.9 Å². The van der Waals surface area contributed by atoms with Crippen molar-refractivity contribution in [2.24, 2.45) is 0 Å². The second-order valence-corrected chi connectivity index (χ2v) is 4.59. The Morgan fingerprint density at radius 3 is 2.75 bits per heavy atom. The van der Waals surface area contributed by atoms with Gasteiger partial charge in [0.15, 0.2) is 5.82 Å². The molecule has 0 saturated heterocycles. The number of carbonyl (C=O) groups is 2. The van der Waals surface area contributed by atoms with Crippen LogP contribution in [0, 0.1) is 11.6 Å². The summed E-state index contributed by atoms with van der Waals surface area (Å²) < 4.78 is 27.4. The predicted octanol–water partition coefficient (Wildman–Crippen LogP) is 1.61. The van der Waals surface area contributed by atoms with E-state index in [4.69, 9.17) is 5.11 Å². The quantitative estimate of drug-likeness (QED) is 0.916. The van der Waals surface area contributed by atoms with E-state index in [1.54, 1.807) is 0 Å². The molecule has 1 aromatic carbocycles. The summed E-state index contributed by atoms with van der Waals surface area (Å²) in [6, 6.07) is 1.81. The zero-order chi connectivity index (χ0) is 14.9. The van der Waals surface area contributed by atoms with Crippen LogP contribution in [-0.4, -0.2) is 37.1 Å². The Morgan fingerprint density at radius 2 is 2.10 bits per heavy atom. The van der Waals surface area contributed by atoms with E-state index < -0.39 is 17.6 Å². The van der Waals surface area contributed by atoms with Crippen molar-refractivity contribution in [1.82, 2.24) is 0 Å². The minimum atomic E-state index is -1.02. The number of carboxylic acids is 1. The molecular weight excluding hydrogens is 270 g/mol. The summed E-state index contributed by atoms with van der Waals surface area (Å²) in [4.78, 5) is 25.1. The molecule has 1 aliphatic heterocycles. The predicted molar refractivity (Wildman–Crippen MR) is 68.9 cm³/mol. The Labute approximate surface area is 114 Å². The van der Waals surface area contributed by atoms with E-state index in [9.17, 15) is 18.4 Å². The van der Waals surface area contributed by atoms with Crippen molar-refractivity contribution >= 4 is 23.3 Å². The van der Waals surface area contributed by atoms with Crippen molar-refractivity contribution in [2.75, 3.05) is 29.9 Å². The highest BCUT2D eigenvalue weighted by molar-refractivity contribution is 5.98. The third kappa shape index (κ3) is 2.71. The van der Waals surface area contributed by atoms with Crippen LogP contribution >= 0.6 is 0 Å². The Balaban J connectivity index is 2.46. The summed E-state index contributed by atoms with van der Waals surface area (Å²) in [6.07, 6.45) is -0.0694. The monoisotopic (exact) mass is 284 g/mol. The molecule has 20 heavy (non-hydrogen) atoms. The molecule has 2 rings (SSSR count). The highest BCUT2D eigenvalue weighted by atomic mass is 19.1. The molecule has 0 bridgehead atoms. The lowest BCUT2D eigenvalue weighted by molar-refractivity contribution is -0.136. The maximum atomic E-state index is 14.0. The lowest BCUT2D eigenvalue weighted by Gasteiger charge is -2.25. The molecule has 0 aromatic heterocycles. The molecule has 7 heteroatoms. The third-order valence-corrected chi connectivity index (χ3v) is 3.25. The Morgan fingerprint density at radius 1 is 1.40 bits per heavy atom. The molecule has 0 radical (unpaired) electrons. The number of amides is 1. The first-order valence-corrected chi connectivity index (χ1v) is 6.12. The average Bonchev–Trinajstić information content (AvgIpc) is 2.48. The number of aliphatic carboxylic acids is 1. The number of anilines is 2. The summed E-state index contributed by atoms with van der Waals surface area (Å²) in [5.74, 6) is -2.86. The standard InChI is InChI=1S/C13H14F2N2O3/c1-16-10-7-8(14)6-9(15)13(10)17(4-2-11(16)18)5-3-12(19)20/h6-7H,2-5H2,1H3,(H,19,20). The molecule has 1 amide bonds. The van der Waals surface area contributed by atoms with Crippen molar-refractivity contribution in [3.05, 3.63) is 23.8 Å². The largest absolute Gasteiger partial charge is 0.481 e. The number of hydrogen-bond acceptors (Lipinski definition) is 3. The van der Waals surface area contributed by atoms with Crippen LogP contribution in [0.4, 0.5) is 20.2 Å². The number of carbonyl (C=O) groups excluding carboxylic acids is 1. The number of hydrogen-bond donors (Lipinski definition) is 1. The fourth-order valence-corrected chi connectivity index (χ4v) is 2.22. The molecule has 1 heterocycles. The van der Waals surface area contributed by atoms with Gasteiger partial charge in [0, 0.05) is 32.6 Å². The molecule has 1 N–H and O–H groups in total. The van der Waals surface area contributed by atoms with Crippen LogP contribution in [0.2, 0.25) is 0 Å². The first-order valence-electron chi connectivity index (χ1n) is 6.12. The second-order valence-electron chi connectivity index (χ2n) is 4.59. The minimum absolute atomic E-state index is 0.0615. The number of rotatable bonds is 3. The van der Waals surface area contributed by atoms with Gasteiger partial charge in [-0.2, -0.15) is 0 Å². The van der Waals surface area contributed by atoms with Crippen molar-refractivity contribution in [3.8, 4) is 0 Å².